The molecule has 0 spiro atoms. The maximum Gasteiger partial charge on any atom is 0.136 e. The SMILES string of the molecule is NC1(C2CCNCC2)CC(=O)C1. The van der Waals surface area contributed by atoms with E-state index in [-0.39, 0.29) is 5.54 Å². The van der Waals surface area contributed by atoms with Crippen molar-refractivity contribution in [1.29, 1.82) is 0 Å². The first-order valence-electron chi connectivity index (χ1n) is 4.72. The van der Waals surface area contributed by atoms with E-state index in [9.17, 15) is 4.79 Å². The van der Waals surface area contributed by atoms with Crippen molar-refractivity contribution in [1.82, 2.24) is 5.32 Å². The smallest absolute Gasteiger partial charge is 0.136 e. The van der Waals surface area contributed by atoms with Gasteiger partial charge in [0.1, 0.15) is 5.78 Å². The predicted octanol–water partition coefficient (Wildman–Crippen LogP) is 0.0464. The fraction of sp³-hybridized carbons (Fsp3) is 0.889. The molecule has 0 aromatic rings. The lowest BCUT2D eigenvalue weighted by Crippen LogP contribution is -2.59. The highest BCUT2D eigenvalue weighted by atomic mass is 16.1. The molecule has 2 rings (SSSR count). The van der Waals surface area contributed by atoms with Crippen LogP contribution in [-0.2, 0) is 4.79 Å². The molecule has 2 fully saturated rings. The Hall–Kier alpha value is -0.410. The molecule has 12 heavy (non-hydrogen) atoms. The number of hydrogen-bond donors (Lipinski definition) is 2. The number of ketones is 1. The summed E-state index contributed by atoms with van der Waals surface area (Å²) < 4.78 is 0. The van der Waals surface area contributed by atoms with E-state index in [1.165, 1.54) is 0 Å². The third-order valence-corrected chi connectivity index (χ3v) is 3.20. The number of hydrogen-bond acceptors (Lipinski definition) is 3. The fourth-order valence-electron chi connectivity index (χ4n) is 2.37. The summed E-state index contributed by atoms with van der Waals surface area (Å²) in [5, 5.41) is 3.31. The first-order chi connectivity index (χ1) is 5.71. The molecular weight excluding hydrogens is 152 g/mol. The molecule has 3 N–H and O–H groups in total. The van der Waals surface area contributed by atoms with Crippen LogP contribution in [0.15, 0.2) is 0 Å². The Bertz CT molecular complexity index is 189. The van der Waals surface area contributed by atoms with Crippen LogP contribution in [0.5, 0.6) is 0 Å². The van der Waals surface area contributed by atoms with E-state index in [1.807, 2.05) is 0 Å². The third-order valence-electron chi connectivity index (χ3n) is 3.20. The molecule has 0 amide bonds. The Morgan fingerprint density at radius 3 is 2.42 bits per heavy atom. The van der Waals surface area contributed by atoms with Crippen LogP contribution in [-0.4, -0.2) is 24.4 Å². The number of piperidine rings is 1. The van der Waals surface area contributed by atoms with Crippen molar-refractivity contribution >= 4 is 5.78 Å². The Balaban J connectivity index is 1.94. The summed E-state index contributed by atoms with van der Waals surface area (Å²) in [5.74, 6) is 0.924. The first-order valence-corrected chi connectivity index (χ1v) is 4.72. The van der Waals surface area contributed by atoms with Gasteiger partial charge in [0.05, 0.1) is 0 Å². The molecule has 0 unspecified atom stereocenters. The summed E-state index contributed by atoms with van der Waals surface area (Å²) in [7, 11) is 0. The van der Waals surface area contributed by atoms with Gasteiger partial charge in [-0.05, 0) is 31.8 Å². The predicted molar refractivity (Wildman–Crippen MR) is 46.8 cm³/mol. The molecule has 0 aromatic heterocycles. The van der Waals surface area contributed by atoms with Crippen molar-refractivity contribution in [3.05, 3.63) is 0 Å². The van der Waals surface area contributed by atoms with Gasteiger partial charge in [0.15, 0.2) is 0 Å². The molecule has 0 aromatic carbocycles. The maximum absolute atomic E-state index is 10.9. The van der Waals surface area contributed by atoms with E-state index in [1.54, 1.807) is 0 Å². The van der Waals surface area contributed by atoms with Crippen molar-refractivity contribution in [3.8, 4) is 0 Å². The fourth-order valence-corrected chi connectivity index (χ4v) is 2.37. The second kappa shape index (κ2) is 2.82. The summed E-state index contributed by atoms with van der Waals surface area (Å²) in [5.41, 5.74) is 5.99. The summed E-state index contributed by atoms with van der Waals surface area (Å²) in [6, 6.07) is 0. The molecule has 1 aliphatic carbocycles. The van der Waals surface area contributed by atoms with Gasteiger partial charge in [-0.25, -0.2) is 0 Å². The number of nitrogens with one attached hydrogen (secondary N) is 1. The van der Waals surface area contributed by atoms with E-state index in [0.717, 1.165) is 25.9 Å². The van der Waals surface area contributed by atoms with Crippen LogP contribution < -0.4 is 11.1 Å². The highest BCUT2D eigenvalue weighted by molar-refractivity contribution is 5.87. The average molecular weight is 168 g/mol. The Morgan fingerprint density at radius 1 is 1.33 bits per heavy atom. The Labute approximate surface area is 72.7 Å². The Morgan fingerprint density at radius 2 is 1.92 bits per heavy atom. The molecule has 0 atom stereocenters. The van der Waals surface area contributed by atoms with Gasteiger partial charge in [-0.2, -0.15) is 0 Å². The first kappa shape index (κ1) is 8.20. The van der Waals surface area contributed by atoms with E-state index in [4.69, 9.17) is 5.73 Å². The molecular formula is C9H16N2O. The van der Waals surface area contributed by atoms with Crippen LogP contribution in [0, 0.1) is 5.92 Å². The molecule has 2 aliphatic rings. The lowest BCUT2D eigenvalue weighted by molar-refractivity contribution is -0.130. The summed E-state index contributed by atoms with van der Waals surface area (Å²) in [4.78, 5) is 10.9. The number of carbonyl (C=O) groups is 1. The van der Waals surface area contributed by atoms with Gasteiger partial charge in [-0.1, -0.05) is 0 Å². The van der Waals surface area contributed by atoms with Gasteiger partial charge in [0.25, 0.3) is 0 Å². The number of nitrogens with two attached hydrogens (primary N) is 1. The minimum Gasteiger partial charge on any atom is -0.324 e. The van der Waals surface area contributed by atoms with Crippen molar-refractivity contribution in [2.24, 2.45) is 11.7 Å². The van der Waals surface area contributed by atoms with Crippen molar-refractivity contribution in [2.75, 3.05) is 13.1 Å². The minimum atomic E-state index is -0.126. The van der Waals surface area contributed by atoms with Crippen LogP contribution >= 0.6 is 0 Å². The monoisotopic (exact) mass is 168 g/mol. The second-order valence-electron chi connectivity index (χ2n) is 4.15. The second-order valence-corrected chi connectivity index (χ2v) is 4.15. The topological polar surface area (TPSA) is 55.1 Å². The van der Waals surface area contributed by atoms with E-state index in [2.05, 4.69) is 5.32 Å². The average Bonchev–Trinajstić information content (AvgIpc) is 2.04. The number of Topliss-reactive ketones (excluding diaryl/α,β-unsaturated/α-hetero) is 1. The lowest BCUT2D eigenvalue weighted by atomic mass is 9.65. The van der Waals surface area contributed by atoms with Crippen molar-refractivity contribution in [3.63, 3.8) is 0 Å². The molecule has 0 radical (unpaired) electrons. The van der Waals surface area contributed by atoms with Crippen LogP contribution in [0.1, 0.15) is 25.7 Å². The van der Waals surface area contributed by atoms with E-state index in [0.29, 0.717) is 24.5 Å². The number of carbonyl (C=O) groups excluding carboxylic acids is 1. The van der Waals surface area contributed by atoms with E-state index >= 15 is 0 Å². The Kier molecular flexibility index (Phi) is 1.93. The van der Waals surface area contributed by atoms with Gasteiger partial charge < -0.3 is 11.1 Å². The third kappa shape index (κ3) is 1.27. The summed E-state index contributed by atoms with van der Waals surface area (Å²) >= 11 is 0. The van der Waals surface area contributed by atoms with Gasteiger partial charge in [-0.3, -0.25) is 4.79 Å². The molecule has 68 valence electrons. The molecule has 0 bridgehead atoms. The normalized spacial score (nSPS) is 29.9. The maximum atomic E-state index is 10.9. The van der Waals surface area contributed by atoms with Crippen LogP contribution in [0.3, 0.4) is 0 Å². The standard InChI is InChI=1S/C9H16N2O/c10-9(5-8(12)6-9)7-1-3-11-4-2-7/h7,11H,1-6,10H2. The molecule has 1 heterocycles. The highest BCUT2D eigenvalue weighted by Gasteiger charge is 2.45. The zero-order chi connectivity index (χ0) is 8.60. The zero-order valence-corrected chi connectivity index (χ0v) is 7.31. The highest BCUT2D eigenvalue weighted by Crippen LogP contribution is 2.37. The molecule has 3 heteroatoms. The minimum absolute atomic E-state index is 0.126. The lowest BCUT2D eigenvalue weighted by Gasteiger charge is -2.45. The quantitative estimate of drug-likeness (QED) is 0.581. The van der Waals surface area contributed by atoms with Gasteiger partial charge in [-0.15, -0.1) is 0 Å². The van der Waals surface area contributed by atoms with Crippen molar-refractivity contribution in [2.45, 2.75) is 31.2 Å². The molecule has 1 saturated carbocycles. The van der Waals surface area contributed by atoms with Gasteiger partial charge in [0.2, 0.25) is 0 Å². The summed E-state index contributed by atoms with van der Waals surface area (Å²) in [6.45, 7) is 2.13. The molecule has 1 saturated heterocycles. The van der Waals surface area contributed by atoms with Gasteiger partial charge in [0, 0.05) is 18.4 Å². The molecule has 3 nitrogen and oxygen atoms in total. The van der Waals surface area contributed by atoms with Crippen LogP contribution in [0.2, 0.25) is 0 Å². The largest absolute Gasteiger partial charge is 0.324 e. The molecule has 1 aliphatic heterocycles. The zero-order valence-electron chi connectivity index (χ0n) is 7.31. The van der Waals surface area contributed by atoms with Crippen LogP contribution in [0.4, 0.5) is 0 Å². The number of rotatable bonds is 1. The summed E-state index contributed by atoms with van der Waals surface area (Å²) in [6.07, 6.45) is 3.53. The van der Waals surface area contributed by atoms with Gasteiger partial charge >= 0.3 is 0 Å². The van der Waals surface area contributed by atoms with Crippen LogP contribution in [0.25, 0.3) is 0 Å². The van der Waals surface area contributed by atoms with Crippen molar-refractivity contribution < 1.29 is 4.79 Å². The van der Waals surface area contributed by atoms with E-state index < -0.39 is 0 Å².